The molecule has 0 unspecified atom stereocenters. The first kappa shape index (κ1) is 38.2. The quantitative estimate of drug-likeness (QED) is 0.134. The molecule has 0 bridgehead atoms. The normalized spacial score (nSPS) is 15.8. The average molecular weight is 735 g/mol. The lowest BCUT2D eigenvalue weighted by Crippen LogP contribution is -2.46. The summed E-state index contributed by atoms with van der Waals surface area (Å²) >= 11 is 6.55. The molecular weight excluding hydrogens is 692 g/mol. The first-order valence-corrected chi connectivity index (χ1v) is 17.3. The predicted molar refractivity (Wildman–Crippen MR) is 195 cm³/mol. The third kappa shape index (κ3) is 9.04. The Morgan fingerprint density at radius 3 is 2.48 bits per heavy atom. The number of rotatable bonds is 14. The fourth-order valence-corrected chi connectivity index (χ4v) is 6.32. The Labute approximate surface area is 307 Å². The summed E-state index contributed by atoms with van der Waals surface area (Å²) in [5.41, 5.74) is 2.05. The number of carbonyl (C=O) groups is 4. The van der Waals surface area contributed by atoms with Crippen LogP contribution in [-0.2, 0) is 39.8 Å². The van der Waals surface area contributed by atoms with Gasteiger partial charge in [-0.15, -0.1) is 0 Å². The van der Waals surface area contributed by atoms with Gasteiger partial charge >= 0.3 is 11.9 Å². The summed E-state index contributed by atoms with van der Waals surface area (Å²) in [5, 5.41) is 4.04. The zero-order chi connectivity index (χ0) is 37.6. The molecule has 0 aliphatic carbocycles. The number of furan rings is 1. The zero-order valence-corrected chi connectivity index (χ0v) is 30.8. The monoisotopic (exact) mass is 734 g/mol. The standard InChI is InChI=1S/C39H43ClN2O10/c1-7-49-35(45)16-13-27-18-24-17-26(12-15-31(24)51-27)41-34(44)20-33-38(46)42(21-39(3,4)22-50-23(2)43)30-14-11-25(40)19-29(30)36(52-33)28-9-8-10-32(47-5)37(28)48-6/h8-12,14-15,17-19,33,36H,7,13,16,20-22H2,1-6H3,(H,41,44)/t33-,36-/m1/s1. The third-order valence-corrected chi connectivity index (χ3v) is 8.71. The largest absolute Gasteiger partial charge is 0.493 e. The lowest BCUT2D eigenvalue weighted by Gasteiger charge is -2.33. The lowest BCUT2D eigenvalue weighted by atomic mass is 9.92. The maximum absolute atomic E-state index is 14.6. The number of benzene rings is 3. The number of anilines is 2. The summed E-state index contributed by atoms with van der Waals surface area (Å²) in [5.74, 6) is -0.216. The number of ether oxygens (including phenoxy) is 5. The topological polar surface area (TPSA) is 143 Å². The Balaban J connectivity index is 1.47. The van der Waals surface area contributed by atoms with E-state index in [1.165, 1.54) is 21.1 Å². The smallest absolute Gasteiger partial charge is 0.306 e. The van der Waals surface area contributed by atoms with Crippen molar-refractivity contribution in [3.8, 4) is 11.5 Å². The van der Waals surface area contributed by atoms with E-state index in [-0.39, 0.29) is 32.0 Å². The molecule has 12 nitrogen and oxygen atoms in total. The van der Waals surface area contributed by atoms with Crippen molar-refractivity contribution in [3.05, 3.63) is 82.6 Å². The van der Waals surface area contributed by atoms with Crippen LogP contribution in [0.25, 0.3) is 11.0 Å². The molecule has 4 aromatic rings. The minimum absolute atomic E-state index is 0.0508. The summed E-state index contributed by atoms with van der Waals surface area (Å²) in [6, 6.07) is 17.5. The third-order valence-electron chi connectivity index (χ3n) is 8.48. The highest BCUT2D eigenvalue weighted by Crippen LogP contribution is 2.45. The van der Waals surface area contributed by atoms with E-state index >= 15 is 0 Å². The fourth-order valence-electron chi connectivity index (χ4n) is 6.14. The van der Waals surface area contributed by atoms with E-state index in [9.17, 15) is 19.2 Å². The zero-order valence-electron chi connectivity index (χ0n) is 30.1. The first-order chi connectivity index (χ1) is 24.8. The number of carbonyl (C=O) groups excluding carboxylic acids is 4. The molecule has 0 fully saturated rings. The van der Waals surface area contributed by atoms with Gasteiger partial charge in [0.1, 0.15) is 23.6 Å². The Kier molecular flexibility index (Phi) is 12.1. The van der Waals surface area contributed by atoms with E-state index in [1.54, 1.807) is 66.4 Å². The fraction of sp³-hybridized carbons (Fsp3) is 0.385. The summed E-state index contributed by atoms with van der Waals surface area (Å²) in [6.07, 6.45) is -1.94. The Hall–Kier alpha value is -5.07. The van der Waals surface area contributed by atoms with Gasteiger partial charge in [0, 0.05) is 58.2 Å². The minimum atomic E-state index is -1.26. The second-order valence-corrected chi connectivity index (χ2v) is 13.6. The number of nitrogens with one attached hydrogen (secondary N) is 1. The molecule has 1 aliphatic heterocycles. The molecule has 2 heterocycles. The van der Waals surface area contributed by atoms with Crippen LogP contribution < -0.4 is 19.7 Å². The van der Waals surface area contributed by atoms with Gasteiger partial charge in [-0.05, 0) is 55.5 Å². The van der Waals surface area contributed by atoms with E-state index in [0.717, 1.165) is 5.39 Å². The molecule has 2 amide bonds. The Bertz CT molecular complexity index is 1950. The molecule has 0 radical (unpaired) electrons. The van der Waals surface area contributed by atoms with Crippen molar-refractivity contribution in [2.45, 2.75) is 59.2 Å². The molecule has 1 N–H and O–H groups in total. The number of methoxy groups -OCH3 is 2. The number of para-hydroxylation sites is 1. The number of esters is 2. The number of hydrogen-bond donors (Lipinski definition) is 1. The summed E-state index contributed by atoms with van der Waals surface area (Å²) < 4.78 is 34.2. The van der Waals surface area contributed by atoms with Crippen LogP contribution in [0.3, 0.4) is 0 Å². The van der Waals surface area contributed by atoms with Crippen LogP contribution in [0.1, 0.15) is 63.5 Å². The Morgan fingerprint density at radius 1 is 0.981 bits per heavy atom. The molecule has 2 atom stereocenters. The molecule has 5 rings (SSSR count). The molecule has 3 aromatic carbocycles. The molecule has 52 heavy (non-hydrogen) atoms. The average Bonchev–Trinajstić information content (AvgIpc) is 3.48. The molecule has 0 saturated heterocycles. The van der Waals surface area contributed by atoms with Crippen LogP contribution in [0.15, 0.2) is 65.1 Å². The van der Waals surface area contributed by atoms with Gasteiger partial charge in [0.15, 0.2) is 11.5 Å². The number of halogens is 1. The number of fused-ring (bicyclic) bond motifs is 2. The maximum atomic E-state index is 14.6. The van der Waals surface area contributed by atoms with E-state index in [4.69, 9.17) is 39.7 Å². The SMILES string of the molecule is CCOC(=O)CCc1cc2cc(NC(=O)C[C@H]3O[C@H](c4cccc(OC)c4OC)c4cc(Cl)ccc4N(CC(C)(C)COC(C)=O)C3=O)ccc2o1. The maximum Gasteiger partial charge on any atom is 0.306 e. The van der Waals surface area contributed by atoms with E-state index < -0.39 is 35.4 Å². The summed E-state index contributed by atoms with van der Waals surface area (Å²) in [4.78, 5) is 53.4. The van der Waals surface area contributed by atoms with Gasteiger partial charge in [-0.1, -0.05) is 37.6 Å². The van der Waals surface area contributed by atoms with Crippen LogP contribution in [0.2, 0.25) is 5.02 Å². The number of amides is 2. The van der Waals surface area contributed by atoms with E-state index in [2.05, 4.69) is 5.32 Å². The van der Waals surface area contributed by atoms with Crippen molar-refractivity contribution in [2.24, 2.45) is 5.41 Å². The molecule has 1 aromatic heterocycles. The first-order valence-electron chi connectivity index (χ1n) is 16.9. The second kappa shape index (κ2) is 16.5. The summed E-state index contributed by atoms with van der Waals surface area (Å²) in [6.45, 7) is 7.33. The highest BCUT2D eigenvalue weighted by molar-refractivity contribution is 6.30. The van der Waals surface area contributed by atoms with Crippen molar-refractivity contribution in [1.82, 2.24) is 0 Å². The van der Waals surface area contributed by atoms with Gasteiger partial charge in [-0.2, -0.15) is 0 Å². The van der Waals surface area contributed by atoms with Gasteiger partial charge in [-0.3, -0.25) is 19.2 Å². The highest BCUT2D eigenvalue weighted by Gasteiger charge is 2.41. The van der Waals surface area contributed by atoms with Gasteiger partial charge in [-0.25, -0.2) is 0 Å². The van der Waals surface area contributed by atoms with Crippen LogP contribution >= 0.6 is 11.6 Å². The van der Waals surface area contributed by atoms with Crippen LogP contribution in [0.5, 0.6) is 11.5 Å². The molecule has 13 heteroatoms. The van der Waals surface area contributed by atoms with Crippen LogP contribution in [-0.4, -0.2) is 63.8 Å². The van der Waals surface area contributed by atoms with Crippen molar-refractivity contribution < 1.29 is 47.3 Å². The second-order valence-electron chi connectivity index (χ2n) is 13.2. The summed E-state index contributed by atoms with van der Waals surface area (Å²) in [7, 11) is 3.03. The van der Waals surface area contributed by atoms with Crippen molar-refractivity contribution in [2.75, 3.05) is 44.2 Å². The van der Waals surface area contributed by atoms with Crippen LogP contribution in [0.4, 0.5) is 11.4 Å². The molecule has 0 saturated carbocycles. The number of hydrogen-bond acceptors (Lipinski definition) is 10. The van der Waals surface area contributed by atoms with Crippen LogP contribution in [0, 0.1) is 5.41 Å². The van der Waals surface area contributed by atoms with Crippen molar-refractivity contribution in [3.63, 3.8) is 0 Å². The van der Waals surface area contributed by atoms with Gasteiger partial charge in [0.25, 0.3) is 5.91 Å². The number of aryl methyl sites for hydroxylation is 1. The van der Waals surface area contributed by atoms with E-state index in [0.29, 0.717) is 63.4 Å². The van der Waals surface area contributed by atoms with Gasteiger partial charge in [0.2, 0.25) is 5.91 Å². The molecule has 1 aliphatic rings. The Morgan fingerprint density at radius 2 is 1.77 bits per heavy atom. The van der Waals surface area contributed by atoms with Crippen molar-refractivity contribution >= 4 is 57.7 Å². The van der Waals surface area contributed by atoms with Gasteiger partial charge in [0.05, 0.1) is 40.3 Å². The molecular formula is C39H43ClN2O10. The van der Waals surface area contributed by atoms with E-state index in [1.807, 2.05) is 19.9 Å². The predicted octanol–water partition coefficient (Wildman–Crippen LogP) is 7.04. The van der Waals surface area contributed by atoms with Crippen molar-refractivity contribution in [1.29, 1.82) is 0 Å². The van der Waals surface area contributed by atoms with Gasteiger partial charge < -0.3 is 38.3 Å². The highest BCUT2D eigenvalue weighted by atomic mass is 35.5. The number of nitrogens with zero attached hydrogens (tertiary/aromatic N) is 1. The molecule has 276 valence electrons. The lowest BCUT2D eigenvalue weighted by molar-refractivity contribution is -0.144. The minimum Gasteiger partial charge on any atom is -0.493 e. The molecule has 0 spiro atoms.